The summed E-state index contributed by atoms with van der Waals surface area (Å²) in [5, 5.41) is 17.8. The molecule has 1 aliphatic rings. The number of amides is 2. The molecule has 0 unspecified atom stereocenters. The van der Waals surface area contributed by atoms with E-state index in [1.165, 1.54) is 0 Å². The Kier molecular flexibility index (Phi) is 14.0. The van der Waals surface area contributed by atoms with Crippen molar-refractivity contribution in [2.24, 2.45) is 0 Å². The van der Waals surface area contributed by atoms with E-state index in [0.717, 1.165) is 72.7 Å². The molecule has 15 heteroatoms. The summed E-state index contributed by atoms with van der Waals surface area (Å²) >= 11 is 0. The second-order valence-corrected chi connectivity index (χ2v) is 23.4. The van der Waals surface area contributed by atoms with Crippen LogP contribution in [0, 0.1) is 0 Å². The maximum absolute atomic E-state index is 12.4. The van der Waals surface area contributed by atoms with Crippen LogP contribution in [0.15, 0.2) is 48.7 Å². The third kappa shape index (κ3) is 13.5. The summed E-state index contributed by atoms with van der Waals surface area (Å²) in [4.78, 5) is 41.4. The molecule has 5 rings (SSSR count). The van der Waals surface area contributed by atoms with Gasteiger partial charge in [-0.1, -0.05) is 37.8 Å². The van der Waals surface area contributed by atoms with Crippen LogP contribution in [0.2, 0.25) is 25.7 Å². The highest BCUT2D eigenvalue weighted by Crippen LogP contribution is 2.30. The minimum absolute atomic E-state index is 0.0534. The van der Waals surface area contributed by atoms with Gasteiger partial charge in [-0.25, -0.2) is 19.6 Å². The predicted molar refractivity (Wildman–Crippen MR) is 225 cm³/mol. The predicted octanol–water partition coefficient (Wildman–Crippen LogP) is 8.76. The number of nitrogens with one attached hydrogen (secondary N) is 4. The highest BCUT2D eigenvalue weighted by atomic mass is 28.3. The molecular formula is C41H61N9O5Si. The van der Waals surface area contributed by atoms with Crippen LogP contribution >= 0.6 is 0 Å². The molecule has 1 aliphatic carbocycles. The van der Waals surface area contributed by atoms with Gasteiger partial charge < -0.3 is 29.7 Å². The lowest BCUT2D eigenvalue weighted by molar-refractivity contribution is 0.0487. The summed E-state index contributed by atoms with van der Waals surface area (Å²) < 4.78 is 17.1. The van der Waals surface area contributed by atoms with E-state index in [-0.39, 0.29) is 18.2 Å². The molecule has 4 aromatic rings. The standard InChI is InChI=1S/C41H61N9O5Si/c1-40(2,3)54-38(51)44-29-18-20-31(21-19-29)50(27-53-23-24-56(7,8)9)37-43-26-32-35(48-49-36(32)47-37)33-16-11-17-34(46-33)42-22-12-14-28-13-10-15-30(25-28)45-39(52)55-41(4,5)6/h10-11,13,15-17,25-26,29,31H,12,14,18-24,27H2,1-9H3,(H,42,46)(H,44,51)(H,45,52)(H,43,47,48,49). The van der Waals surface area contributed by atoms with Gasteiger partial charge in [0, 0.05) is 45.2 Å². The largest absolute Gasteiger partial charge is 0.444 e. The highest BCUT2D eigenvalue weighted by Gasteiger charge is 2.30. The molecule has 4 N–H and O–H groups in total. The van der Waals surface area contributed by atoms with E-state index < -0.39 is 25.4 Å². The molecule has 304 valence electrons. The molecular weight excluding hydrogens is 727 g/mol. The van der Waals surface area contributed by atoms with E-state index in [4.69, 9.17) is 29.2 Å². The first-order chi connectivity index (χ1) is 26.4. The third-order valence-electron chi connectivity index (χ3n) is 9.17. The fraction of sp³-hybridized carbons (Fsp3) is 0.561. The number of fused-ring (bicyclic) bond motifs is 1. The summed E-state index contributed by atoms with van der Waals surface area (Å²) in [5.41, 5.74) is 2.76. The van der Waals surface area contributed by atoms with Crippen molar-refractivity contribution in [1.29, 1.82) is 0 Å². The Hall–Kier alpha value is -4.76. The first kappa shape index (κ1) is 42.4. The third-order valence-corrected chi connectivity index (χ3v) is 10.9. The normalized spacial score (nSPS) is 16.3. The molecule has 1 aromatic carbocycles. The van der Waals surface area contributed by atoms with Gasteiger partial charge in [-0.2, -0.15) is 10.1 Å². The molecule has 1 saturated carbocycles. The molecule has 14 nitrogen and oxygen atoms in total. The van der Waals surface area contributed by atoms with Crippen molar-refractivity contribution in [2.45, 2.75) is 129 Å². The van der Waals surface area contributed by atoms with Crippen LogP contribution in [0.4, 0.5) is 27.0 Å². The molecule has 1 fully saturated rings. The van der Waals surface area contributed by atoms with Crippen LogP contribution in [0.5, 0.6) is 0 Å². The maximum atomic E-state index is 12.4. The van der Waals surface area contributed by atoms with Gasteiger partial charge in [0.2, 0.25) is 5.95 Å². The van der Waals surface area contributed by atoms with Crippen molar-refractivity contribution in [2.75, 3.05) is 35.4 Å². The first-order valence-electron chi connectivity index (χ1n) is 19.8. The number of aryl methyl sites for hydroxylation is 1. The number of aromatic amines is 1. The fourth-order valence-electron chi connectivity index (χ4n) is 6.41. The Morgan fingerprint density at radius 1 is 0.929 bits per heavy atom. The smallest absolute Gasteiger partial charge is 0.412 e. The Bertz CT molecular complexity index is 1910. The molecule has 0 bridgehead atoms. The Balaban J connectivity index is 1.21. The van der Waals surface area contributed by atoms with Crippen molar-refractivity contribution >= 4 is 48.7 Å². The number of hydrogen-bond donors (Lipinski definition) is 4. The zero-order valence-electron chi connectivity index (χ0n) is 34.6. The van der Waals surface area contributed by atoms with Crippen molar-refractivity contribution in [3.63, 3.8) is 0 Å². The van der Waals surface area contributed by atoms with Gasteiger partial charge in [-0.15, -0.1) is 0 Å². The van der Waals surface area contributed by atoms with E-state index >= 15 is 0 Å². The lowest BCUT2D eigenvalue weighted by atomic mass is 9.90. The van der Waals surface area contributed by atoms with E-state index in [9.17, 15) is 9.59 Å². The highest BCUT2D eigenvalue weighted by molar-refractivity contribution is 6.76. The zero-order valence-corrected chi connectivity index (χ0v) is 35.6. The summed E-state index contributed by atoms with van der Waals surface area (Å²) in [5.74, 6) is 1.32. The summed E-state index contributed by atoms with van der Waals surface area (Å²) in [7, 11) is -1.26. The minimum Gasteiger partial charge on any atom is -0.444 e. The minimum atomic E-state index is -1.26. The molecule has 56 heavy (non-hydrogen) atoms. The lowest BCUT2D eigenvalue weighted by Gasteiger charge is -2.37. The Morgan fingerprint density at radius 2 is 1.64 bits per heavy atom. The van der Waals surface area contributed by atoms with Crippen molar-refractivity contribution in [1.82, 2.24) is 30.5 Å². The van der Waals surface area contributed by atoms with Gasteiger partial charge in [0.25, 0.3) is 0 Å². The van der Waals surface area contributed by atoms with E-state index in [0.29, 0.717) is 37.2 Å². The number of aromatic nitrogens is 5. The topological polar surface area (TPSA) is 169 Å². The summed E-state index contributed by atoms with van der Waals surface area (Å²) in [6.45, 7) is 19.9. The van der Waals surface area contributed by atoms with E-state index in [1.54, 1.807) is 0 Å². The van der Waals surface area contributed by atoms with Crippen molar-refractivity contribution in [3.05, 3.63) is 54.2 Å². The van der Waals surface area contributed by atoms with Crippen LogP contribution in [-0.4, -0.2) is 88.6 Å². The van der Waals surface area contributed by atoms with Gasteiger partial charge >= 0.3 is 12.2 Å². The molecule has 3 heterocycles. The van der Waals surface area contributed by atoms with Crippen LogP contribution in [0.25, 0.3) is 22.4 Å². The Labute approximate surface area is 332 Å². The monoisotopic (exact) mass is 787 g/mol. The van der Waals surface area contributed by atoms with Crippen LogP contribution in [0.3, 0.4) is 0 Å². The van der Waals surface area contributed by atoms with Gasteiger partial charge in [-0.05, 0) is 116 Å². The molecule has 3 aromatic heterocycles. The number of hydrogen-bond acceptors (Lipinski definition) is 11. The Morgan fingerprint density at radius 3 is 2.36 bits per heavy atom. The molecule has 2 amide bonds. The summed E-state index contributed by atoms with van der Waals surface area (Å²) in [6.07, 6.45) is 6.01. The number of ether oxygens (including phenoxy) is 3. The maximum Gasteiger partial charge on any atom is 0.412 e. The summed E-state index contributed by atoms with van der Waals surface area (Å²) in [6, 6.07) is 14.9. The van der Waals surface area contributed by atoms with E-state index in [2.05, 4.69) is 50.7 Å². The second-order valence-electron chi connectivity index (χ2n) is 17.7. The average molecular weight is 788 g/mol. The average Bonchev–Trinajstić information content (AvgIpc) is 3.52. The molecule has 0 spiro atoms. The SMILES string of the molecule is CC(C)(C)OC(=O)Nc1cccc(CCCNc2cccc(-c3[nH]nc4nc(N(COCC[Si](C)(C)C)C5CCC(NC(=O)OC(C)(C)C)CC5)ncc34)n2)c1. The van der Waals surface area contributed by atoms with Gasteiger partial charge in [0.15, 0.2) is 5.65 Å². The van der Waals surface area contributed by atoms with Crippen LogP contribution in [0.1, 0.15) is 79.2 Å². The lowest BCUT2D eigenvalue weighted by Crippen LogP contribution is -2.46. The molecule has 0 aliphatic heterocycles. The molecule has 0 radical (unpaired) electrons. The zero-order chi connectivity index (χ0) is 40.5. The number of carbonyl (C=O) groups excluding carboxylic acids is 2. The number of H-pyrrole nitrogens is 1. The van der Waals surface area contributed by atoms with Gasteiger partial charge in [0.05, 0.1) is 16.8 Å². The number of carbonyl (C=O) groups is 2. The van der Waals surface area contributed by atoms with Gasteiger partial charge in [-0.3, -0.25) is 10.4 Å². The van der Waals surface area contributed by atoms with Crippen molar-refractivity contribution < 1.29 is 23.8 Å². The van der Waals surface area contributed by atoms with E-state index in [1.807, 2.05) is 90.2 Å². The number of alkyl carbamates (subject to hydrolysis) is 1. The first-order valence-corrected chi connectivity index (χ1v) is 23.5. The van der Waals surface area contributed by atoms with Crippen LogP contribution in [-0.2, 0) is 20.6 Å². The fourth-order valence-corrected chi connectivity index (χ4v) is 7.17. The van der Waals surface area contributed by atoms with Crippen LogP contribution < -0.4 is 20.9 Å². The molecule has 0 atom stereocenters. The number of anilines is 3. The van der Waals surface area contributed by atoms with Gasteiger partial charge in [0.1, 0.15) is 23.8 Å². The quantitative estimate of drug-likeness (QED) is 0.0516. The second kappa shape index (κ2) is 18.5. The number of pyridine rings is 1. The number of rotatable bonds is 15. The number of benzene rings is 1. The van der Waals surface area contributed by atoms with Crippen molar-refractivity contribution in [3.8, 4) is 11.4 Å². The number of nitrogens with zero attached hydrogens (tertiary/aromatic N) is 5. The molecule has 0 saturated heterocycles.